The average Bonchev–Trinajstić information content (AvgIpc) is 2.19. The first kappa shape index (κ1) is 14.8. The summed E-state index contributed by atoms with van der Waals surface area (Å²) in [5.74, 6) is 0.469. The van der Waals surface area contributed by atoms with Gasteiger partial charge in [0.1, 0.15) is 0 Å². The first-order chi connectivity index (χ1) is 7.92. The minimum absolute atomic E-state index is 0.206. The molecule has 1 aliphatic rings. The van der Waals surface area contributed by atoms with Crippen molar-refractivity contribution in [3.8, 4) is 0 Å². The van der Waals surface area contributed by atoms with Crippen molar-refractivity contribution in [2.45, 2.75) is 45.3 Å². The van der Waals surface area contributed by atoms with Crippen molar-refractivity contribution >= 4 is 0 Å². The molecule has 0 spiro atoms. The standard InChI is InChI=1S/C12H23F3N2/c1-3-7-17(9-12(13,14)15)8-11-10(2)5-4-6-16-11/h10-11,16H,3-9H2,1-2H3. The second kappa shape index (κ2) is 6.59. The molecule has 0 aromatic carbocycles. The van der Waals surface area contributed by atoms with Crippen LogP contribution in [-0.2, 0) is 0 Å². The van der Waals surface area contributed by atoms with Gasteiger partial charge in [0.05, 0.1) is 6.54 Å². The highest BCUT2D eigenvalue weighted by atomic mass is 19.4. The molecule has 0 saturated carbocycles. The van der Waals surface area contributed by atoms with Gasteiger partial charge >= 0.3 is 6.18 Å². The normalized spacial score (nSPS) is 26.5. The largest absolute Gasteiger partial charge is 0.401 e. The van der Waals surface area contributed by atoms with E-state index < -0.39 is 12.7 Å². The molecule has 0 aromatic heterocycles. The molecule has 1 fully saturated rings. The summed E-state index contributed by atoms with van der Waals surface area (Å²) in [7, 11) is 0. The molecule has 0 aromatic rings. The quantitative estimate of drug-likeness (QED) is 0.809. The Kier molecular flexibility index (Phi) is 5.73. The summed E-state index contributed by atoms with van der Waals surface area (Å²) in [5, 5.41) is 3.33. The van der Waals surface area contributed by atoms with E-state index in [1.807, 2.05) is 6.92 Å². The number of piperidine rings is 1. The topological polar surface area (TPSA) is 15.3 Å². The van der Waals surface area contributed by atoms with Crippen molar-refractivity contribution < 1.29 is 13.2 Å². The van der Waals surface area contributed by atoms with Crippen molar-refractivity contribution in [1.82, 2.24) is 10.2 Å². The van der Waals surface area contributed by atoms with Crippen LogP contribution in [-0.4, -0.2) is 43.3 Å². The maximum Gasteiger partial charge on any atom is 0.401 e. The second-order valence-electron chi connectivity index (χ2n) is 5.03. The molecular formula is C12H23F3N2. The fourth-order valence-electron chi connectivity index (χ4n) is 2.44. The Bertz CT molecular complexity index is 218. The van der Waals surface area contributed by atoms with Gasteiger partial charge in [0, 0.05) is 12.6 Å². The van der Waals surface area contributed by atoms with Crippen LogP contribution in [0.3, 0.4) is 0 Å². The number of rotatable bonds is 5. The zero-order valence-electron chi connectivity index (χ0n) is 10.7. The fourth-order valence-corrected chi connectivity index (χ4v) is 2.44. The Morgan fingerprint density at radius 1 is 1.35 bits per heavy atom. The maximum atomic E-state index is 12.4. The molecule has 0 radical (unpaired) electrons. The molecule has 0 aliphatic carbocycles. The van der Waals surface area contributed by atoms with Crippen molar-refractivity contribution in [1.29, 1.82) is 0 Å². The van der Waals surface area contributed by atoms with Gasteiger partial charge in [0.15, 0.2) is 0 Å². The minimum Gasteiger partial charge on any atom is -0.312 e. The van der Waals surface area contributed by atoms with Gasteiger partial charge in [-0.05, 0) is 38.3 Å². The number of hydrogen-bond acceptors (Lipinski definition) is 2. The van der Waals surface area contributed by atoms with Gasteiger partial charge in [-0.15, -0.1) is 0 Å². The van der Waals surface area contributed by atoms with E-state index in [-0.39, 0.29) is 6.04 Å². The monoisotopic (exact) mass is 252 g/mol. The van der Waals surface area contributed by atoms with Gasteiger partial charge in [-0.25, -0.2) is 0 Å². The third kappa shape index (κ3) is 5.73. The first-order valence-corrected chi connectivity index (χ1v) is 6.45. The van der Waals surface area contributed by atoms with Gasteiger partial charge in [-0.3, -0.25) is 4.90 Å². The molecule has 1 rings (SSSR count). The van der Waals surface area contributed by atoms with Crippen LogP contribution >= 0.6 is 0 Å². The molecule has 17 heavy (non-hydrogen) atoms. The van der Waals surface area contributed by atoms with Gasteiger partial charge in [0.2, 0.25) is 0 Å². The van der Waals surface area contributed by atoms with E-state index in [4.69, 9.17) is 0 Å². The van der Waals surface area contributed by atoms with Crippen LogP contribution in [0.25, 0.3) is 0 Å². The van der Waals surface area contributed by atoms with Crippen LogP contribution in [0.2, 0.25) is 0 Å². The van der Waals surface area contributed by atoms with Crippen LogP contribution in [0.15, 0.2) is 0 Å². The molecule has 2 atom stereocenters. The molecule has 102 valence electrons. The van der Waals surface area contributed by atoms with Crippen molar-refractivity contribution in [2.75, 3.05) is 26.2 Å². The highest BCUT2D eigenvalue weighted by molar-refractivity contribution is 4.82. The highest BCUT2D eigenvalue weighted by Crippen LogP contribution is 2.20. The zero-order valence-corrected chi connectivity index (χ0v) is 10.7. The molecule has 1 saturated heterocycles. The first-order valence-electron chi connectivity index (χ1n) is 6.45. The van der Waals surface area contributed by atoms with Crippen LogP contribution in [0.1, 0.15) is 33.1 Å². The van der Waals surface area contributed by atoms with E-state index in [2.05, 4.69) is 12.2 Å². The van der Waals surface area contributed by atoms with E-state index in [1.165, 1.54) is 4.90 Å². The fraction of sp³-hybridized carbons (Fsp3) is 1.00. The van der Waals surface area contributed by atoms with Crippen molar-refractivity contribution in [2.24, 2.45) is 5.92 Å². The second-order valence-corrected chi connectivity index (χ2v) is 5.03. The lowest BCUT2D eigenvalue weighted by Gasteiger charge is -2.35. The van der Waals surface area contributed by atoms with E-state index in [1.54, 1.807) is 0 Å². The summed E-state index contributed by atoms with van der Waals surface area (Å²) in [6.45, 7) is 5.21. The number of hydrogen-bond donors (Lipinski definition) is 1. The van der Waals surface area contributed by atoms with E-state index >= 15 is 0 Å². The lowest BCUT2D eigenvalue weighted by atomic mass is 9.92. The third-order valence-corrected chi connectivity index (χ3v) is 3.33. The molecular weight excluding hydrogens is 229 g/mol. The van der Waals surface area contributed by atoms with Gasteiger partial charge in [0.25, 0.3) is 0 Å². The average molecular weight is 252 g/mol. The van der Waals surface area contributed by atoms with Crippen LogP contribution in [0, 0.1) is 5.92 Å². The van der Waals surface area contributed by atoms with Gasteiger partial charge in [-0.2, -0.15) is 13.2 Å². The Labute approximate surface area is 102 Å². The Hall–Kier alpha value is -0.290. The summed E-state index contributed by atoms with van der Waals surface area (Å²) in [6, 6.07) is 0.206. The molecule has 0 amide bonds. The summed E-state index contributed by atoms with van der Waals surface area (Å²) < 4.78 is 37.3. The molecule has 0 bridgehead atoms. The van der Waals surface area contributed by atoms with Crippen molar-refractivity contribution in [3.63, 3.8) is 0 Å². The van der Waals surface area contributed by atoms with E-state index in [0.717, 1.165) is 25.8 Å². The number of alkyl halides is 3. The van der Waals surface area contributed by atoms with Crippen molar-refractivity contribution in [3.05, 3.63) is 0 Å². The summed E-state index contributed by atoms with van der Waals surface area (Å²) in [6.07, 6.45) is -1.08. The zero-order chi connectivity index (χ0) is 12.9. The maximum absolute atomic E-state index is 12.4. The van der Waals surface area contributed by atoms with Gasteiger partial charge in [-0.1, -0.05) is 13.8 Å². The van der Waals surface area contributed by atoms with E-state index in [0.29, 0.717) is 19.0 Å². The summed E-state index contributed by atoms with van der Waals surface area (Å²) in [5.41, 5.74) is 0. The van der Waals surface area contributed by atoms with Gasteiger partial charge < -0.3 is 5.32 Å². The molecule has 5 heteroatoms. The smallest absolute Gasteiger partial charge is 0.312 e. The minimum atomic E-state index is -4.09. The SMILES string of the molecule is CCCN(CC1NCCCC1C)CC(F)(F)F. The van der Waals surface area contributed by atoms with Crippen LogP contribution < -0.4 is 5.32 Å². The summed E-state index contributed by atoms with van der Waals surface area (Å²) >= 11 is 0. The Morgan fingerprint density at radius 3 is 2.59 bits per heavy atom. The number of halogens is 3. The number of nitrogens with one attached hydrogen (secondary N) is 1. The lowest BCUT2D eigenvalue weighted by Crippen LogP contribution is -2.49. The molecule has 1 heterocycles. The third-order valence-electron chi connectivity index (χ3n) is 3.33. The predicted molar refractivity (Wildman–Crippen MR) is 63.0 cm³/mol. The van der Waals surface area contributed by atoms with Crippen LogP contribution in [0.5, 0.6) is 0 Å². The highest BCUT2D eigenvalue weighted by Gasteiger charge is 2.32. The molecule has 2 nitrogen and oxygen atoms in total. The van der Waals surface area contributed by atoms with Crippen LogP contribution in [0.4, 0.5) is 13.2 Å². The number of nitrogens with zero attached hydrogens (tertiary/aromatic N) is 1. The lowest BCUT2D eigenvalue weighted by molar-refractivity contribution is -0.147. The molecule has 2 unspecified atom stereocenters. The summed E-state index contributed by atoms with van der Waals surface area (Å²) in [4.78, 5) is 1.53. The molecule has 1 aliphatic heterocycles. The predicted octanol–water partition coefficient (Wildman–Crippen LogP) is 2.65. The Morgan fingerprint density at radius 2 is 2.06 bits per heavy atom. The molecule has 1 N–H and O–H groups in total. The Balaban J connectivity index is 2.47. The van der Waals surface area contributed by atoms with E-state index in [9.17, 15) is 13.2 Å².